The van der Waals surface area contributed by atoms with Crippen LogP contribution in [0.25, 0.3) is 0 Å². The Morgan fingerprint density at radius 2 is 1.79 bits per heavy atom. The second-order valence-electron chi connectivity index (χ2n) is 6.49. The lowest BCUT2D eigenvalue weighted by Crippen LogP contribution is -2.40. The van der Waals surface area contributed by atoms with Crippen LogP contribution in [0.2, 0.25) is 0 Å². The highest BCUT2D eigenvalue weighted by molar-refractivity contribution is 5.96. The minimum atomic E-state index is -0.568. The molecule has 0 bridgehead atoms. The maximum atomic E-state index is 13.7. The molecule has 0 spiro atoms. The molecule has 3 rings (SSSR count). The van der Waals surface area contributed by atoms with Gasteiger partial charge in [0.25, 0.3) is 5.91 Å². The first-order valence-corrected chi connectivity index (χ1v) is 9.30. The number of hydrogen-bond donors (Lipinski definition) is 1. The van der Waals surface area contributed by atoms with Crippen LogP contribution in [0.15, 0.2) is 48.5 Å². The van der Waals surface area contributed by atoms with Crippen LogP contribution in [-0.4, -0.2) is 51.2 Å². The summed E-state index contributed by atoms with van der Waals surface area (Å²) in [5.41, 5.74) is 1.74. The number of amides is 2. The number of benzene rings is 2. The number of halogens is 1. The van der Waals surface area contributed by atoms with Gasteiger partial charge >= 0.3 is 0 Å². The highest BCUT2D eigenvalue weighted by Crippen LogP contribution is 2.29. The van der Waals surface area contributed by atoms with Crippen LogP contribution < -0.4 is 15.1 Å². The van der Waals surface area contributed by atoms with Gasteiger partial charge < -0.3 is 19.9 Å². The SMILES string of the molecule is CC(=O)N(CCNC(=O)c1ccccc1F)c1ccccc1N1CCOCC1. The van der Waals surface area contributed by atoms with E-state index < -0.39 is 11.7 Å². The van der Waals surface area contributed by atoms with Crippen LogP contribution in [0, 0.1) is 5.82 Å². The topological polar surface area (TPSA) is 61.9 Å². The van der Waals surface area contributed by atoms with E-state index in [4.69, 9.17) is 4.74 Å². The Morgan fingerprint density at radius 3 is 2.50 bits per heavy atom. The zero-order valence-corrected chi connectivity index (χ0v) is 15.9. The first kappa shape index (κ1) is 19.8. The molecule has 1 heterocycles. The van der Waals surface area contributed by atoms with Crippen molar-refractivity contribution in [3.63, 3.8) is 0 Å². The number of carbonyl (C=O) groups excluding carboxylic acids is 2. The number of morpholine rings is 1. The molecule has 0 aliphatic carbocycles. The van der Waals surface area contributed by atoms with Gasteiger partial charge in [-0.3, -0.25) is 9.59 Å². The van der Waals surface area contributed by atoms with Crippen LogP contribution in [0.3, 0.4) is 0 Å². The van der Waals surface area contributed by atoms with Gasteiger partial charge in [-0.2, -0.15) is 0 Å². The summed E-state index contributed by atoms with van der Waals surface area (Å²) in [4.78, 5) is 28.3. The second kappa shape index (κ2) is 9.32. The summed E-state index contributed by atoms with van der Waals surface area (Å²) in [6.45, 7) is 4.80. The molecule has 6 nitrogen and oxygen atoms in total. The average molecular weight is 385 g/mol. The van der Waals surface area contributed by atoms with Crippen molar-refractivity contribution in [3.05, 3.63) is 59.9 Å². The molecule has 0 saturated carbocycles. The number of nitrogens with one attached hydrogen (secondary N) is 1. The van der Waals surface area contributed by atoms with Gasteiger partial charge in [0.15, 0.2) is 0 Å². The zero-order valence-electron chi connectivity index (χ0n) is 15.9. The lowest BCUT2D eigenvalue weighted by molar-refractivity contribution is -0.116. The van der Waals surface area contributed by atoms with Crippen molar-refractivity contribution in [1.29, 1.82) is 0 Å². The van der Waals surface area contributed by atoms with Gasteiger partial charge in [0.05, 0.1) is 30.2 Å². The van der Waals surface area contributed by atoms with E-state index in [0.717, 1.165) is 24.5 Å². The number of ether oxygens (including phenoxy) is 1. The van der Waals surface area contributed by atoms with Gasteiger partial charge in [-0.25, -0.2) is 4.39 Å². The van der Waals surface area contributed by atoms with Crippen LogP contribution in [0.1, 0.15) is 17.3 Å². The van der Waals surface area contributed by atoms with Gasteiger partial charge in [-0.15, -0.1) is 0 Å². The number of rotatable bonds is 6. The van der Waals surface area contributed by atoms with Crippen molar-refractivity contribution in [2.45, 2.75) is 6.92 Å². The Labute approximate surface area is 163 Å². The Hall–Kier alpha value is -2.93. The molecule has 0 radical (unpaired) electrons. The van der Waals surface area contributed by atoms with E-state index in [1.807, 2.05) is 24.3 Å². The predicted octanol–water partition coefficient (Wildman–Crippen LogP) is 2.45. The third-order valence-corrected chi connectivity index (χ3v) is 4.64. The number of carbonyl (C=O) groups is 2. The zero-order chi connectivity index (χ0) is 19.9. The summed E-state index contributed by atoms with van der Waals surface area (Å²) in [6.07, 6.45) is 0. The molecule has 0 atom stereocenters. The lowest BCUT2D eigenvalue weighted by atomic mass is 10.2. The predicted molar refractivity (Wildman–Crippen MR) is 106 cm³/mol. The fourth-order valence-electron chi connectivity index (χ4n) is 3.23. The van der Waals surface area contributed by atoms with E-state index >= 15 is 0 Å². The molecule has 0 unspecified atom stereocenters. The van der Waals surface area contributed by atoms with E-state index in [-0.39, 0.29) is 24.6 Å². The fourth-order valence-corrected chi connectivity index (χ4v) is 3.23. The molecule has 1 aliphatic heterocycles. The molecule has 1 fully saturated rings. The van der Waals surface area contributed by atoms with Crippen molar-refractivity contribution >= 4 is 23.2 Å². The van der Waals surface area contributed by atoms with Crippen LogP contribution in [-0.2, 0) is 9.53 Å². The highest BCUT2D eigenvalue weighted by atomic mass is 19.1. The van der Waals surface area contributed by atoms with Gasteiger partial charge in [0.1, 0.15) is 5.82 Å². The van der Waals surface area contributed by atoms with Crippen molar-refractivity contribution in [1.82, 2.24) is 5.32 Å². The molecule has 1 N–H and O–H groups in total. The van der Waals surface area contributed by atoms with E-state index in [2.05, 4.69) is 10.2 Å². The highest BCUT2D eigenvalue weighted by Gasteiger charge is 2.20. The summed E-state index contributed by atoms with van der Waals surface area (Å²) in [6, 6.07) is 13.5. The second-order valence-corrected chi connectivity index (χ2v) is 6.49. The van der Waals surface area contributed by atoms with Gasteiger partial charge in [-0.1, -0.05) is 24.3 Å². The van der Waals surface area contributed by atoms with Gasteiger partial charge in [-0.05, 0) is 24.3 Å². The molecule has 28 heavy (non-hydrogen) atoms. The molecule has 7 heteroatoms. The lowest BCUT2D eigenvalue weighted by Gasteiger charge is -2.33. The van der Waals surface area contributed by atoms with Crippen LogP contribution in [0.5, 0.6) is 0 Å². The van der Waals surface area contributed by atoms with E-state index in [9.17, 15) is 14.0 Å². The number of nitrogens with zero attached hydrogens (tertiary/aromatic N) is 2. The van der Waals surface area contributed by atoms with Crippen molar-refractivity contribution in [2.75, 3.05) is 49.2 Å². The summed E-state index contributed by atoms with van der Waals surface area (Å²) in [5.74, 6) is -1.19. The minimum absolute atomic E-state index is 0.00871. The molecular weight excluding hydrogens is 361 g/mol. The maximum absolute atomic E-state index is 13.7. The molecule has 1 saturated heterocycles. The Balaban J connectivity index is 1.70. The molecule has 2 amide bonds. The minimum Gasteiger partial charge on any atom is -0.378 e. The number of para-hydroxylation sites is 2. The van der Waals surface area contributed by atoms with Crippen molar-refractivity contribution in [2.24, 2.45) is 0 Å². The summed E-state index contributed by atoms with van der Waals surface area (Å²) in [5, 5.41) is 2.69. The van der Waals surface area contributed by atoms with Crippen molar-refractivity contribution in [3.8, 4) is 0 Å². The van der Waals surface area contributed by atoms with E-state index in [1.54, 1.807) is 11.0 Å². The number of anilines is 2. The quantitative estimate of drug-likeness (QED) is 0.830. The summed E-state index contributed by atoms with van der Waals surface area (Å²) < 4.78 is 19.1. The fraction of sp³-hybridized carbons (Fsp3) is 0.333. The van der Waals surface area contributed by atoms with Crippen LogP contribution in [0.4, 0.5) is 15.8 Å². The van der Waals surface area contributed by atoms with E-state index in [0.29, 0.717) is 13.2 Å². The Morgan fingerprint density at radius 1 is 1.11 bits per heavy atom. The normalized spacial score (nSPS) is 13.9. The molecular formula is C21H24FN3O3. The number of hydrogen-bond acceptors (Lipinski definition) is 4. The van der Waals surface area contributed by atoms with Gasteiger partial charge in [0.2, 0.25) is 5.91 Å². The van der Waals surface area contributed by atoms with Crippen molar-refractivity contribution < 1.29 is 18.7 Å². The van der Waals surface area contributed by atoms with Crippen LogP contribution >= 0.6 is 0 Å². The third-order valence-electron chi connectivity index (χ3n) is 4.64. The Kier molecular flexibility index (Phi) is 6.60. The average Bonchev–Trinajstić information content (AvgIpc) is 2.72. The van der Waals surface area contributed by atoms with Gasteiger partial charge in [0, 0.05) is 33.1 Å². The summed E-state index contributed by atoms with van der Waals surface area (Å²) in [7, 11) is 0. The van der Waals surface area contributed by atoms with E-state index in [1.165, 1.54) is 25.1 Å². The Bertz CT molecular complexity index is 837. The largest absolute Gasteiger partial charge is 0.378 e. The maximum Gasteiger partial charge on any atom is 0.254 e. The smallest absolute Gasteiger partial charge is 0.254 e. The standard InChI is InChI=1S/C21H24FN3O3/c1-16(26)25(11-10-23-21(27)17-6-2-3-7-18(17)22)20-9-5-4-8-19(20)24-12-14-28-15-13-24/h2-9H,10-15H2,1H3,(H,23,27). The molecule has 2 aromatic rings. The molecule has 148 valence electrons. The molecule has 2 aromatic carbocycles. The molecule has 0 aromatic heterocycles. The monoisotopic (exact) mass is 385 g/mol. The first-order chi connectivity index (χ1) is 13.6. The summed E-state index contributed by atoms with van der Waals surface area (Å²) >= 11 is 0. The molecule has 1 aliphatic rings. The first-order valence-electron chi connectivity index (χ1n) is 9.30. The third kappa shape index (κ3) is 4.67.